The first kappa shape index (κ1) is 23.7. The minimum absolute atomic E-state index is 0.00571. The summed E-state index contributed by atoms with van der Waals surface area (Å²) < 4.78 is 0. The highest BCUT2D eigenvalue weighted by atomic mass is 16.2. The van der Waals surface area contributed by atoms with E-state index in [1.807, 2.05) is 46.8 Å². The van der Waals surface area contributed by atoms with Gasteiger partial charge in [0.25, 0.3) is 0 Å². The fraction of sp³-hybridized carbons (Fsp3) is 0.588. The van der Waals surface area contributed by atoms with E-state index >= 15 is 0 Å². The van der Waals surface area contributed by atoms with Gasteiger partial charge in [0, 0.05) is 5.70 Å². The lowest BCUT2D eigenvalue weighted by atomic mass is 10.1. The zero-order valence-electron chi connectivity index (χ0n) is 14.4. The molecule has 3 nitrogen and oxygen atoms in total. The Labute approximate surface area is 126 Å². The van der Waals surface area contributed by atoms with E-state index in [0.717, 1.165) is 18.5 Å². The zero-order valence-corrected chi connectivity index (χ0v) is 14.4. The standard InChI is InChI=1S/C13H22N2O.2C2H6/c1-5-8-10-11(7-3)15-13(16)12(14-4)9-6-2;2*1-2/h5,7-8,10,12,14H,1,6,9H2,2-4H3,(H,15,16);2*1-2H3/b10-8-,11-7+;;. The van der Waals surface area contributed by atoms with Crippen LogP contribution in [0.25, 0.3) is 0 Å². The molecule has 0 aromatic rings. The number of nitrogens with one attached hydrogen (secondary N) is 2. The molecule has 1 atom stereocenters. The summed E-state index contributed by atoms with van der Waals surface area (Å²) in [5.74, 6) is 0.00571. The Balaban J connectivity index is -0.000000656. The van der Waals surface area contributed by atoms with Crippen molar-refractivity contribution in [2.45, 2.75) is 60.4 Å². The highest BCUT2D eigenvalue weighted by Crippen LogP contribution is 1.99. The van der Waals surface area contributed by atoms with Crippen molar-refractivity contribution in [1.82, 2.24) is 10.6 Å². The molecule has 20 heavy (non-hydrogen) atoms. The van der Waals surface area contributed by atoms with Crippen LogP contribution in [0.2, 0.25) is 0 Å². The van der Waals surface area contributed by atoms with Gasteiger partial charge in [0.15, 0.2) is 0 Å². The average Bonchev–Trinajstić information content (AvgIpc) is 2.52. The summed E-state index contributed by atoms with van der Waals surface area (Å²) in [7, 11) is 1.80. The molecule has 1 amide bonds. The molecule has 0 heterocycles. The first-order valence-corrected chi connectivity index (χ1v) is 7.63. The summed E-state index contributed by atoms with van der Waals surface area (Å²) in [6.07, 6.45) is 8.97. The number of carbonyl (C=O) groups excluding carboxylic acids is 1. The van der Waals surface area contributed by atoms with Crippen molar-refractivity contribution in [3.8, 4) is 0 Å². The smallest absolute Gasteiger partial charge is 0.241 e. The summed E-state index contributed by atoms with van der Waals surface area (Å²) in [6, 6.07) is -0.128. The van der Waals surface area contributed by atoms with Crippen molar-refractivity contribution in [2.24, 2.45) is 0 Å². The monoisotopic (exact) mass is 282 g/mol. The number of likely N-dealkylation sites (N-methyl/N-ethyl adjacent to an activating group) is 1. The third kappa shape index (κ3) is 13.1. The van der Waals surface area contributed by atoms with Crippen LogP contribution in [0.5, 0.6) is 0 Å². The van der Waals surface area contributed by atoms with Crippen LogP contribution in [0.15, 0.2) is 36.6 Å². The Hall–Kier alpha value is -1.35. The summed E-state index contributed by atoms with van der Waals surface area (Å²) in [4.78, 5) is 11.8. The highest BCUT2D eigenvalue weighted by Gasteiger charge is 2.14. The lowest BCUT2D eigenvalue weighted by molar-refractivity contribution is -0.122. The Kier molecular flexibility index (Phi) is 23.7. The van der Waals surface area contributed by atoms with Crippen molar-refractivity contribution >= 4 is 5.91 Å². The second kappa shape index (κ2) is 20.0. The van der Waals surface area contributed by atoms with Gasteiger partial charge in [-0.15, -0.1) is 0 Å². The molecule has 3 heteroatoms. The van der Waals surface area contributed by atoms with Crippen molar-refractivity contribution in [2.75, 3.05) is 7.05 Å². The molecule has 0 fully saturated rings. The van der Waals surface area contributed by atoms with E-state index in [1.54, 1.807) is 19.2 Å². The molecule has 0 radical (unpaired) electrons. The molecule has 118 valence electrons. The number of carbonyl (C=O) groups is 1. The summed E-state index contributed by atoms with van der Waals surface area (Å²) in [5.41, 5.74) is 0.793. The second-order valence-corrected chi connectivity index (χ2v) is 3.46. The Bertz CT molecular complexity index is 281. The minimum atomic E-state index is -0.128. The Morgan fingerprint density at radius 2 is 1.80 bits per heavy atom. The van der Waals surface area contributed by atoms with Gasteiger partial charge in [-0.3, -0.25) is 4.79 Å². The van der Waals surface area contributed by atoms with Crippen LogP contribution in [-0.4, -0.2) is 19.0 Å². The maximum absolute atomic E-state index is 11.8. The topological polar surface area (TPSA) is 41.1 Å². The van der Waals surface area contributed by atoms with Crippen LogP contribution in [0, 0.1) is 0 Å². The molecule has 0 rings (SSSR count). The zero-order chi connectivity index (χ0) is 16.4. The molecule has 0 aliphatic carbocycles. The molecular formula is C17H34N2O. The van der Waals surface area contributed by atoms with Gasteiger partial charge in [-0.05, 0) is 26.5 Å². The van der Waals surface area contributed by atoms with Crippen LogP contribution in [-0.2, 0) is 4.79 Å². The molecular weight excluding hydrogens is 248 g/mol. The quantitative estimate of drug-likeness (QED) is 0.687. The van der Waals surface area contributed by atoms with E-state index in [9.17, 15) is 4.79 Å². The maximum atomic E-state index is 11.8. The SMILES string of the molecule is C=C/C=C\C(=C/C)NC(=O)C(CCC)NC.CC.CC. The van der Waals surface area contributed by atoms with Gasteiger partial charge in [0.05, 0.1) is 6.04 Å². The van der Waals surface area contributed by atoms with Gasteiger partial charge in [0.2, 0.25) is 5.91 Å². The van der Waals surface area contributed by atoms with E-state index in [-0.39, 0.29) is 11.9 Å². The van der Waals surface area contributed by atoms with Crippen molar-refractivity contribution in [3.63, 3.8) is 0 Å². The first-order valence-electron chi connectivity index (χ1n) is 7.63. The number of amides is 1. The van der Waals surface area contributed by atoms with Crippen LogP contribution in [0.1, 0.15) is 54.4 Å². The fourth-order valence-electron chi connectivity index (χ4n) is 1.31. The van der Waals surface area contributed by atoms with E-state index < -0.39 is 0 Å². The second-order valence-electron chi connectivity index (χ2n) is 3.46. The van der Waals surface area contributed by atoms with Gasteiger partial charge in [-0.2, -0.15) is 0 Å². The lowest BCUT2D eigenvalue weighted by Crippen LogP contribution is -2.41. The Morgan fingerprint density at radius 3 is 2.15 bits per heavy atom. The van der Waals surface area contributed by atoms with E-state index in [0.29, 0.717) is 0 Å². The third-order valence-electron chi connectivity index (χ3n) is 2.23. The molecule has 2 N–H and O–H groups in total. The van der Waals surface area contributed by atoms with E-state index in [4.69, 9.17) is 0 Å². The van der Waals surface area contributed by atoms with Crippen LogP contribution in [0.3, 0.4) is 0 Å². The van der Waals surface area contributed by atoms with Gasteiger partial charge in [-0.1, -0.05) is 65.8 Å². The van der Waals surface area contributed by atoms with E-state index in [2.05, 4.69) is 24.1 Å². The van der Waals surface area contributed by atoms with Gasteiger partial charge in [-0.25, -0.2) is 0 Å². The average molecular weight is 282 g/mol. The third-order valence-corrected chi connectivity index (χ3v) is 2.23. The van der Waals surface area contributed by atoms with Gasteiger partial charge >= 0.3 is 0 Å². The first-order chi connectivity index (χ1) is 9.69. The summed E-state index contributed by atoms with van der Waals surface area (Å²) in [5, 5.41) is 5.87. The molecule has 0 saturated heterocycles. The van der Waals surface area contributed by atoms with Crippen LogP contribution < -0.4 is 10.6 Å². The number of hydrogen-bond donors (Lipinski definition) is 2. The Morgan fingerprint density at radius 1 is 1.25 bits per heavy atom. The normalized spacial score (nSPS) is 11.7. The summed E-state index contributed by atoms with van der Waals surface area (Å²) >= 11 is 0. The van der Waals surface area contributed by atoms with Crippen LogP contribution in [0.4, 0.5) is 0 Å². The summed E-state index contributed by atoms with van der Waals surface area (Å²) in [6.45, 7) is 15.5. The molecule has 0 aromatic carbocycles. The van der Waals surface area contributed by atoms with E-state index in [1.165, 1.54) is 0 Å². The van der Waals surface area contributed by atoms with Crippen molar-refractivity contribution in [1.29, 1.82) is 0 Å². The fourth-order valence-corrected chi connectivity index (χ4v) is 1.31. The molecule has 0 aromatic heterocycles. The molecule has 0 aliphatic rings. The molecule has 1 unspecified atom stereocenters. The number of rotatable bonds is 7. The van der Waals surface area contributed by atoms with Gasteiger partial charge < -0.3 is 10.6 Å². The maximum Gasteiger partial charge on any atom is 0.241 e. The highest BCUT2D eigenvalue weighted by molar-refractivity contribution is 5.83. The predicted molar refractivity (Wildman–Crippen MR) is 91.7 cm³/mol. The van der Waals surface area contributed by atoms with Gasteiger partial charge in [0.1, 0.15) is 0 Å². The van der Waals surface area contributed by atoms with Crippen molar-refractivity contribution < 1.29 is 4.79 Å². The minimum Gasteiger partial charge on any atom is -0.325 e. The predicted octanol–water partition coefficient (Wildman–Crippen LogP) is 4.19. The molecule has 0 saturated carbocycles. The number of hydrogen-bond acceptors (Lipinski definition) is 2. The molecule has 0 spiro atoms. The lowest BCUT2D eigenvalue weighted by Gasteiger charge is -2.15. The van der Waals surface area contributed by atoms with Crippen LogP contribution >= 0.6 is 0 Å². The largest absolute Gasteiger partial charge is 0.325 e. The number of allylic oxidation sites excluding steroid dienone is 4. The molecule has 0 bridgehead atoms. The van der Waals surface area contributed by atoms with Crippen molar-refractivity contribution in [3.05, 3.63) is 36.6 Å². The molecule has 0 aliphatic heterocycles.